The largest absolute Gasteiger partial charge is 0.508 e. The van der Waals surface area contributed by atoms with E-state index in [1.807, 2.05) is 30.3 Å². The third-order valence-electron chi connectivity index (χ3n) is 14.5. The van der Waals surface area contributed by atoms with E-state index in [0.717, 1.165) is 91.7 Å². The van der Waals surface area contributed by atoms with Crippen LogP contribution in [0.1, 0.15) is 138 Å². The molecule has 6 rings (SSSR count). The Morgan fingerprint density at radius 3 is 1.21 bits per heavy atom. The number of rotatable bonds is 28. The predicted molar refractivity (Wildman–Crippen MR) is 286 cm³/mol. The van der Waals surface area contributed by atoms with Crippen LogP contribution in [0.5, 0.6) is 11.5 Å². The Labute approximate surface area is 449 Å². The van der Waals surface area contributed by atoms with Gasteiger partial charge in [0.15, 0.2) is 0 Å². The van der Waals surface area contributed by atoms with Crippen molar-refractivity contribution in [2.75, 3.05) is 0 Å². The minimum Gasteiger partial charge on any atom is -0.508 e. The summed E-state index contributed by atoms with van der Waals surface area (Å²) in [6, 6.07) is 35.6. The summed E-state index contributed by atoms with van der Waals surface area (Å²) in [6.45, 7) is 4.15. The lowest BCUT2D eigenvalue weighted by Gasteiger charge is -2.20. The molecule has 6 aromatic rings. The Bertz CT molecular complexity index is 2670. The number of hydrogen-bond acceptors (Lipinski definition) is 4. The fraction of sp³-hybridized carbons (Fsp3) is 0.452. The number of unbranched alkanes of at least 4 members (excludes halogenated alkanes) is 8. The van der Waals surface area contributed by atoms with Crippen LogP contribution in [-0.2, 0) is 22.4 Å². The summed E-state index contributed by atoms with van der Waals surface area (Å²) in [5.74, 6) is -13.4. The van der Waals surface area contributed by atoms with E-state index in [-0.39, 0.29) is 37.2 Å². The normalized spacial score (nSPS) is 13.1. The number of carbonyl (C=O) groups is 2. The van der Waals surface area contributed by atoms with Gasteiger partial charge in [-0.3, -0.25) is 9.59 Å². The number of carboxylic acids is 2. The van der Waals surface area contributed by atoms with Gasteiger partial charge in [-0.2, -0.15) is 43.9 Å². The van der Waals surface area contributed by atoms with E-state index in [4.69, 9.17) is 0 Å². The highest BCUT2D eigenvalue weighted by Crippen LogP contribution is 2.42. The standard InChI is InChI=1S/C32H37F5O2.C30H33F5O4/c1-22-12-15-24(16-13-22)27-19-17-26-21-23(2)14-18-28(26)29(27)11-7-5-3-4-6-9-25(30(38)39)10-8-20-31(33,34)32(35,36)37;31-29(32,30(33,34)35)18-6-8-21(28(38)39)7-4-2-1-3-5-9-27-25(20-10-13-23(36)14-11-20)16-12-22-19-24(37)15-17-26(22)27/h12-19,21,25H,3-11,20H2,1-2H3,(H,38,39);10-17,19,21,36-37H,1-9,18H2,(H,38,39). The van der Waals surface area contributed by atoms with Crippen LogP contribution in [0.3, 0.4) is 0 Å². The second kappa shape index (κ2) is 28.5. The maximum absolute atomic E-state index is 13.1. The van der Waals surface area contributed by atoms with Crippen LogP contribution in [0.15, 0.2) is 109 Å². The van der Waals surface area contributed by atoms with E-state index in [9.17, 15) is 73.9 Å². The molecule has 0 saturated carbocycles. The highest BCUT2D eigenvalue weighted by atomic mass is 19.4. The lowest BCUT2D eigenvalue weighted by molar-refractivity contribution is -0.284. The maximum atomic E-state index is 13.1. The van der Waals surface area contributed by atoms with Gasteiger partial charge >= 0.3 is 36.1 Å². The van der Waals surface area contributed by atoms with Crippen molar-refractivity contribution in [2.45, 2.75) is 166 Å². The van der Waals surface area contributed by atoms with Crippen LogP contribution >= 0.6 is 0 Å². The summed E-state index contributed by atoms with van der Waals surface area (Å²) in [7, 11) is 0. The number of carboxylic acid groups (broad SMARTS) is 2. The lowest BCUT2D eigenvalue weighted by Crippen LogP contribution is -2.36. The Kier molecular flexibility index (Phi) is 22.9. The fourth-order valence-electron chi connectivity index (χ4n) is 10.0. The molecule has 0 heterocycles. The molecule has 0 aliphatic carbocycles. The topological polar surface area (TPSA) is 115 Å². The molecule has 424 valence electrons. The summed E-state index contributed by atoms with van der Waals surface area (Å²) in [5.41, 5.74) is 9.28. The molecule has 78 heavy (non-hydrogen) atoms. The van der Waals surface area contributed by atoms with Crippen LogP contribution in [0, 0.1) is 25.7 Å². The number of benzene rings is 6. The van der Waals surface area contributed by atoms with Crippen LogP contribution < -0.4 is 0 Å². The van der Waals surface area contributed by atoms with Gasteiger partial charge in [0.2, 0.25) is 0 Å². The van der Waals surface area contributed by atoms with Gasteiger partial charge in [-0.1, -0.05) is 147 Å². The maximum Gasteiger partial charge on any atom is 0.453 e. The first kappa shape index (κ1) is 62.5. The molecule has 0 aliphatic heterocycles. The van der Waals surface area contributed by atoms with Crippen LogP contribution in [0.4, 0.5) is 43.9 Å². The number of aliphatic carboxylic acids is 2. The number of phenolic OH excluding ortho intramolecular Hbond substituents is 2. The summed E-state index contributed by atoms with van der Waals surface area (Å²) >= 11 is 0. The molecule has 0 aromatic heterocycles. The molecule has 16 heteroatoms. The molecular weight excluding hydrogens is 1030 g/mol. The van der Waals surface area contributed by atoms with E-state index in [1.165, 1.54) is 38.6 Å². The SMILES string of the molecule is Cc1ccc(-c2ccc3cc(C)ccc3c2CCCCCCCC(CCCC(F)(F)C(F)(F)F)C(=O)O)cc1.O=C(O)C(CCCCCCCc1c(-c2ccc(O)cc2)ccc2cc(O)ccc12)CCCC(F)(F)C(F)(F)F. The molecule has 2 atom stereocenters. The van der Waals surface area contributed by atoms with E-state index in [1.54, 1.807) is 24.3 Å². The number of phenols is 2. The fourth-order valence-corrected chi connectivity index (χ4v) is 10.0. The Hall–Kier alpha value is -6.32. The first-order chi connectivity index (χ1) is 36.8. The van der Waals surface area contributed by atoms with Crippen molar-refractivity contribution < 1.29 is 73.9 Å². The number of aromatic hydroxyl groups is 2. The van der Waals surface area contributed by atoms with Gasteiger partial charge in [-0.15, -0.1) is 0 Å². The molecule has 0 fully saturated rings. The van der Waals surface area contributed by atoms with Gasteiger partial charge in [0.05, 0.1) is 11.8 Å². The van der Waals surface area contributed by atoms with Gasteiger partial charge in [-0.05, 0) is 157 Å². The monoisotopic (exact) mass is 1100 g/mol. The number of alkyl halides is 10. The minimum atomic E-state index is -5.62. The summed E-state index contributed by atoms with van der Waals surface area (Å²) in [6.07, 6.45) is -5.07. The van der Waals surface area contributed by atoms with Crippen molar-refractivity contribution in [1.29, 1.82) is 0 Å². The van der Waals surface area contributed by atoms with Crippen molar-refractivity contribution in [3.05, 3.63) is 131 Å². The van der Waals surface area contributed by atoms with E-state index in [0.29, 0.717) is 12.8 Å². The van der Waals surface area contributed by atoms with E-state index < -0.39 is 73.7 Å². The zero-order valence-corrected chi connectivity index (χ0v) is 44.1. The van der Waals surface area contributed by atoms with Gasteiger partial charge in [0.25, 0.3) is 0 Å². The summed E-state index contributed by atoms with van der Waals surface area (Å²) in [4.78, 5) is 22.9. The molecule has 0 bridgehead atoms. The average Bonchev–Trinajstić information content (AvgIpc) is 3.40. The second-order valence-corrected chi connectivity index (χ2v) is 20.6. The van der Waals surface area contributed by atoms with E-state index in [2.05, 4.69) is 68.4 Å². The molecular formula is C62H70F10O6. The molecule has 0 saturated heterocycles. The average molecular weight is 1100 g/mol. The first-order valence-electron chi connectivity index (χ1n) is 26.8. The van der Waals surface area contributed by atoms with Crippen molar-refractivity contribution in [2.24, 2.45) is 11.8 Å². The molecule has 6 aromatic carbocycles. The van der Waals surface area contributed by atoms with Crippen molar-refractivity contribution in [3.63, 3.8) is 0 Å². The van der Waals surface area contributed by atoms with Crippen LogP contribution in [0.25, 0.3) is 43.8 Å². The number of fused-ring (bicyclic) bond motifs is 2. The van der Waals surface area contributed by atoms with Crippen molar-refractivity contribution in [1.82, 2.24) is 0 Å². The number of halogens is 10. The zero-order chi connectivity index (χ0) is 57.3. The Morgan fingerprint density at radius 1 is 0.410 bits per heavy atom. The quantitative estimate of drug-likeness (QED) is 0.0287. The Morgan fingerprint density at radius 2 is 0.769 bits per heavy atom. The summed E-state index contributed by atoms with van der Waals surface area (Å²) in [5, 5.41) is 42.6. The zero-order valence-electron chi connectivity index (χ0n) is 44.1. The van der Waals surface area contributed by atoms with Crippen LogP contribution in [-0.4, -0.2) is 56.6 Å². The molecule has 0 amide bonds. The van der Waals surface area contributed by atoms with Crippen LogP contribution in [0.2, 0.25) is 0 Å². The van der Waals surface area contributed by atoms with Gasteiger partial charge < -0.3 is 20.4 Å². The molecule has 6 nitrogen and oxygen atoms in total. The highest BCUT2D eigenvalue weighted by molar-refractivity contribution is 5.93. The third-order valence-corrected chi connectivity index (χ3v) is 14.5. The molecule has 0 spiro atoms. The molecule has 4 N–H and O–H groups in total. The Balaban J connectivity index is 0.000000287. The minimum absolute atomic E-state index is 0.176. The smallest absolute Gasteiger partial charge is 0.453 e. The highest BCUT2D eigenvalue weighted by Gasteiger charge is 2.57. The summed E-state index contributed by atoms with van der Waals surface area (Å²) < 4.78 is 126. The van der Waals surface area contributed by atoms with E-state index >= 15 is 0 Å². The molecule has 2 unspecified atom stereocenters. The van der Waals surface area contributed by atoms with Gasteiger partial charge in [-0.25, -0.2) is 0 Å². The van der Waals surface area contributed by atoms with Crippen molar-refractivity contribution >= 4 is 33.5 Å². The number of hydrogen-bond donors (Lipinski definition) is 4. The van der Waals surface area contributed by atoms with Gasteiger partial charge in [0.1, 0.15) is 11.5 Å². The number of aryl methyl sites for hydroxylation is 4. The predicted octanol–water partition coefficient (Wildman–Crippen LogP) is 18.9. The van der Waals surface area contributed by atoms with Crippen molar-refractivity contribution in [3.8, 4) is 33.8 Å². The van der Waals surface area contributed by atoms with Gasteiger partial charge in [0, 0.05) is 12.8 Å². The molecule has 0 radical (unpaired) electrons. The lowest BCUT2D eigenvalue weighted by atomic mass is 9.90. The first-order valence-corrected chi connectivity index (χ1v) is 26.8. The second-order valence-electron chi connectivity index (χ2n) is 20.6. The molecule has 0 aliphatic rings. The third kappa shape index (κ3) is 18.4.